The van der Waals surface area contributed by atoms with Crippen LogP contribution in [0.25, 0.3) is 0 Å². The molecular formula is C22H25Cl2F2N3O4. The van der Waals surface area contributed by atoms with Crippen molar-refractivity contribution in [2.75, 3.05) is 40.4 Å². The molecule has 0 aliphatic carbocycles. The standard InChI is InChI=1S/C22H25Cl2F2N3O4/c1-29(2)14(11-28-22(31)13-33-16-4-6-18(24)20(26)10-16)7-8-27-21(30)12-32-15-3-5-17(23)19(25)9-15/h3-6,9-10,14H,7-8,11-13H2,1-2H3,(H,27,30)(H,28,31). The summed E-state index contributed by atoms with van der Waals surface area (Å²) in [5.41, 5.74) is 0. The molecule has 0 fully saturated rings. The number of carbonyl (C=O) groups excluding carboxylic acids is 2. The molecule has 0 aromatic heterocycles. The van der Waals surface area contributed by atoms with Crippen molar-refractivity contribution in [3.05, 3.63) is 58.1 Å². The van der Waals surface area contributed by atoms with Crippen LogP contribution < -0.4 is 20.1 Å². The number of halogens is 4. The van der Waals surface area contributed by atoms with Crippen LogP contribution in [0, 0.1) is 11.6 Å². The molecule has 0 saturated heterocycles. The molecule has 2 aromatic rings. The van der Waals surface area contributed by atoms with Crippen LogP contribution in [0.2, 0.25) is 10.0 Å². The number of nitrogens with zero attached hydrogens (tertiary/aromatic N) is 1. The molecule has 0 aliphatic heterocycles. The van der Waals surface area contributed by atoms with Crippen molar-refractivity contribution in [1.82, 2.24) is 15.5 Å². The van der Waals surface area contributed by atoms with Gasteiger partial charge in [0.2, 0.25) is 0 Å². The monoisotopic (exact) mass is 503 g/mol. The first-order valence-electron chi connectivity index (χ1n) is 10.0. The largest absolute Gasteiger partial charge is 0.484 e. The zero-order chi connectivity index (χ0) is 24.4. The summed E-state index contributed by atoms with van der Waals surface area (Å²) in [5, 5.41) is 5.40. The normalized spacial score (nSPS) is 11.7. The summed E-state index contributed by atoms with van der Waals surface area (Å²) in [4.78, 5) is 25.9. The molecule has 2 N–H and O–H groups in total. The van der Waals surface area contributed by atoms with Crippen LogP contribution in [0.5, 0.6) is 11.5 Å². The van der Waals surface area contributed by atoms with Crippen molar-refractivity contribution in [2.24, 2.45) is 0 Å². The lowest BCUT2D eigenvalue weighted by atomic mass is 10.2. The Morgan fingerprint density at radius 3 is 1.85 bits per heavy atom. The molecule has 7 nitrogen and oxygen atoms in total. The fourth-order valence-corrected chi connectivity index (χ4v) is 2.92. The lowest BCUT2D eigenvalue weighted by molar-refractivity contribution is -0.124. The summed E-state index contributed by atoms with van der Waals surface area (Å²) < 4.78 is 37.3. The third-order valence-corrected chi connectivity index (χ3v) is 5.20. The maximum atomic E-state index is 13.4. The molecule has 0 aliphatic rings. The van der Waals surface area contributed by atoms with Crippen molar-refractivity contribution in [3.8, 4) is 11.5 Å². The Morgan fingerprint density at radius 1 is 0.909 bits per heavy atom. The summed E-state index contributed by atoms with van der Waals surface area (Å²) in [5.74, 6) is -1.60. The van der Waals surface area contributed by atoms with Gasteiger partial charge in [0.15, 0.2) is 13.2 Å². The molecular weight excluding hydrogens is 479 g/mol. The fourth-order valence-electron chi connectivity index (χ4n) is 2.69. The number of ether oxygens (including phenoxy) is 2. The predicted octanol–water partition coefficient (Wildman–Crippen LogP) is 3.28. The molecule has 0 spiro atoms. The zero-order valence-corrected chi connectivity index (χ0v) is 19.7. The van der Waals surface area contributed by atoms with Crippen LogP contribution in [0.4, 0.5) is 8.78 Å². The van der Waals surface area contributed by atoms with E-state index in [0.29, 0.717) is 19.5 Å². The maximum absolute atomic E-state index is 13.4. The lowest BCUT2D eigenvalue weighted by Gasteiger charge is -2.24. The minimum Gasteiger partial charge on any atom is -0.484 e. The highest BCUT2D eigenvalue weighted by atomic mass is 35.5. The molecule has 1 unspecified atom stereocenters. The van der Waals surface area contributed by atoms with Crippen LogP contribution in [-0.4, -0.2) is 63.2 Å². The SMILES string of the molecule is CN(C)C(CCNC(=O)COc1ccc(Cl)c(F)c1)CNC(=O)COc1ccc(Cl)c(F)c1. The number of hydrogen-bond donors (Lipinski definition) is 2. The molecule has 33 heavy (non-hydrogen) atoms. The first-order chi connectivity index (χ1) is 15.7. The lowest BCUT2D eigenvalue weighted by Crippen LogP contribution is -2.43. The molecule has 2 rings (SSSR count). The quantitative estimate of drug-likeness (QED) is 0.464. The third kappa shape index (κ3) is 9.41. The molecule has 0 radical (unpaired) electrons. The second-order valence-electron chi connectivity index (χ2n) is 7.29. The Labute approximate surface area is 200 Å². The van der Waals surface area contributed by atoms with Gasteiger partial charge in [0.05, 0.1) is 10.0 Å². The molecule has 0 saturated carbocycles. The molecule has 0 bridgehead atoms. The Hall–Kier alpha value is -2.62. The van der Waals surface area contributed by atoms with Crippen LogP contribution >= 0.6 is 23.2 Å². The average Bonchev–Trinajstić information content (AvgIpc) is 2.77. The summed E-state index contributed by atoms with van der Waals surface area (Å²) >= 11 is 11.2. The summed E-state index contributed by atoms with van der Waals surface area (Å²) in [6.45, 7) is 0.116. The van der Waals surface area contributed by atoms with E-state index in [1.165, 1.54) is 24.3 Å². The van der Waals surface area contributed by atoms with E-state index in [9.17, 15) is 18.4 Å². The van der Waals surface area contributed by atoms with Gasteiger partial charge in [0, 0.05) is 31.3 Å². The van der Waals surface area contributed by atoms with Gasteiger partial charge in [0.1, 0.15) is 23.1 Å². The molecule has 2 amide bonds. The van der Waals surface area contributed by atoms with Crippen molar-refractivity contribution < 1.29 is 27.8 Å². The molecule has 2 aromatic carbocycles. The summed E-state index contributed by atoms with van der Waals surface area (Å²) in [6.07, 6.45) is 0.553. The average molecular weight is 504 g/mol. The number of amides is 2. The van der Waals surface area contributed by atoms with Crippen LogP contribution in [0.3, 0.4) is 0 Å². The van der Waals surface area contributed by atoms with Gasteiger partial charge in [0.25, 0.3) is 11.8 Å². The fraction of sp³-hybridized carbons (Fsp3) is 0.364. The van der Waals surface area contributed by atoms with Gasteiger partial charge in [-0.2, -0.15) is 0 Å². The van der Waals surface area contributed by atoms with Crippen molar-refractivity contribution in [2.45, 2.75) is 12.5 Å². The van der Waals surface area contributed by atoms with E-state index in [-0.39, 0.29) is 52.6 Å². The molecule has 0 heterocycles. The van der Waals surface area contributed by atoms with Crippen LogP contribution in [0.15, 0.2) is 36.4 Å². The van der Waals surface area contributed by atoms with Gasteiger partial charge in [-0.15, -0.1) is 0 Å². The summed E-state index contributed by atoms with van der Waals surface area (Å²) in [7, 11) is 3.70. The van der Waals surface area contributed by atoms with Gasteiger partial charge in [-0.25, -0.2) is 8.78 Å². The van der Waals surface area contributed by atoms with E-state index in [1.807, 2.05) is 19.0 Å². The topological polar surface area (TPSA) is 79.9 Å². The third-order valence-electron chi connectivity index (χ3n) is 4.59. The smallest absolute Gasteiger partial charge is 0.257 e. The molecule has 1 atom stereocenters. The van der Waals surface area contributed by atoms with Gasteiger partial charge in [-0.3, -0.25) is 9.59 Å². The Bertz CT molecular complexity index is 963. The minimum absolute atomic E-state index is 0.0286. The number of benzene rings is 2. The second-order valence-corrected chi connectivity index (χ2v) is 8.10. The summed E-state index contributed by atoms with van der Waals surface area (Å²) in [6, 6.07) is 7.78. The van der Waals surface area contributed by atoms with Crippen molar-refractivity contribution in [3.63, 3.8) is 0 Å². The first-order valence-corrected chi connectivity index (χ1v) is 10.8. The number of rotatable bonds is 12. The van der Waals surface area contributed by atoms with Gasteiger partial charge >= 0.3 is 0 Å². The van der Waals surface area contributed by atoms with Crippen molar-refractivity contribution >= 4 is 35.0 Å². The van der Waals surface area contributed by atoms with Crippen LogP contribution in [-0.2, 0) is 9.59 Å². The van der Waals surface area contributed by atoms with Gasteiger partial charge < -0.3 is 25.0 Å². The highest BCUT2D eigenvalue weighted by molar-refractivity contribution is 6.31. The van der Waals surface area contributed by atoms with E-state index >= 15 is 0 Å². The number of carbonyl (C=O) groups is 2. The second kappa shape index (κ2) is 13.2. The van der Waals surface area contributed by atoms with E-state index in [4.69, 9.17) is 32.7 Å². The maximum Gasteiger partial charge on any atom is 0.257 e. The molecule has 180 valence electrons. The van der Waals surface area contributed by atoms with Crippen molar-refractivity contribution in [1.29, 1.82) is 0 Å². The van der Waals surface area contributed by atoms with Crippen LogP contribution in [0.1, 0.15) is 6.42 Å². The number of nitrogens with one attached hydrogen (secondary N) is 2. The Balaban J connectivity index is 1.68. The van der Waals surface area contributed by atoms with Gasteiger partial charge in [-0.1, -0.05) is 23.2 Å². The number of likely N-dealkylation sites (N-methyl/N-ethyl adjacent to an activating group) is 1. The first kappa shape index (κ1) is 26.6. The van der Waals surface area contributed by atoms with E-state index < -0.39 is 11.6 Å². The van der Waals surface area contributed by atoms with E-state index in [0.717, 1.165) is 12.1 Å². The minimum atomic E-state index is -0.630. The highest BCUT2D eigenvalue weighted by Gasteiger charge is 2.14. The predicted molar refractivity (Wildman–Crippen MR) is 122 cm³/mol. The zero-order valence-electron chi connectivity index (χ0n) is 18.2. The van der Waals surface area contributed by atoms with E-state index in [1.54, 1.807) is 0 Å². The number of hydrogen-bond acceptors (Lipinski definition) is 5. The highest BCUT2D eigenvalue weighted by Crippen LogP contribution is 2.21. The molecule has 11 heteroatoms. The van der Waals surface area contributed by atoms with Gasteiger partial charge in [-0.05, 0) is 44.8 Å². The van der Waals surface area contributed by atoms with E-state index in [2.05, 4.69) is 10.6 Å². The Morgan fingerprint density at radius 2 is 1.39 bits per heavy atom. The Kier molecular flexibility index (Phi) is 10.6.